The fourth-order valence-corrected chi connectivity index (χ4v) is 12.1. The molecule has 10 heteroatoms. The zero-order valence-electron chi connectivity index (χ0n) is 25.3. The van der Waals surface area contributed by atoms with E-state index >= 15 is 0 Å². The van der Waals surface area contributed by atoms with Crippen LogP contribution in [0.5, 0.6) is 0 Å². The van der Waals surface area contributed by atoms with Crippen molar-refractivity contribution in [3.63, 3.8) is 0 Å². The Morgan fingerprint density at radius 1 is 0.310 bits per heavy atom. The molecule has 4 aliphatic carbocycles. The van der Waals surface area contributed by atoms with E-state index in [1.807, 2.05) is 0 Å². The van der Waals surface area contributed by atoms with Crippen molar-refractivity contribution in [3.05, 3.63) is 0 Å². The van der Waals surface area contributed by atoms with Crippen LogP contribution in [0.15, 0.2) is 0 Å². The van der Waals surface area contributed by atoms with E-state index in [0.717, 1.165) is 18.3 Å². The van der Waals surface area contributed by atoms with Gasteiger partial charge in [-0.25, -0.2) is 0 Å². The fraction of sp³-hybridized carbons (Fsp3) is 1.00. The van der Waals surface area contributed by atoms with E-state index in [-0.39, 0.29) is 29.0 Å². The fourth-order valence-electron chi connectivity index (χ4n) is 12.1. The van der Waals surface area contributed by atoms with Crippen LogP contribution in [-0.4, -0.2) is 55.4 Å². The molecule has 10 N–H and O–H groups in total. The Kier molecular flexibility index (Phi) is 8.48. The Morgan fingerprint density at radius 3 is 0.905 bits per heavy atom. The molecule has 17 unspecified atom stereocenters. The normalized spacial score (nSPS) is 56.9. The second-order valence-electron chi connectivity index (χ2n) is 15.8. The monoisotopic (exact) mass is 626 g/mol. The van der Waals surface area contributed by atoms with Crippen LogP contribution >= 0.6 is 0 Å². The van der Waals surface area contributed by atoms with Gasteiger partial charge < -0.3 is 5.73 Å². The summed E-state index contributed by atoms with van der Waals surface area (Å²) < 4.78 is 0. The summed E-state index contributed by atoms with van der Waals surface area (Å²) in [7, 11) is 0. The van der Waals surface area contributed by atoms with Gasteiger partial charge in [0.25, 0.3) is 0 Å². The van der Waals surface area contributed by atoms with Crippen molar-refractivity contribution in [2.24, 2.45) is 53.1 Å². The van der Waals surface area contributed by atoms with Gasteiger partial charge in [0.15, 0.2) is 0 Å². The molecule has 17 atom stereocenters. The number of hydrogen-bond donors (Lipinski definition) is 9. The molecular formula is C32H57CoN9. The molecule has 4 saturated carbocycles. The zero-order chi connectivity index (χ0) is 27.1. The molecule has 5 aliphatic heterocycles. The average Bonchev–Trinajstić information content (AvgIpc) is 3.73. The van der Waals surface area contributed by atoms with Crippen LogP contribution in [0.1, 0.15) is 96.3 Å². The standard InChI is InChI=1S/C32H57N9.Co/c33-23-15-7-14-22-24(23)32-40-30-21-13-6-5-12-20(21)28(38-30)36-26-17-9-2-1-8-16(17)25(34-26)35-27-18-10-3-4-11-19(18)29(37-27)39-31(22)41-32;/h16-32,34-41H,1-15,33H2;. The molecule has 5 saturated heterocycles. The molecule has 239 valence electrons. The summed E-state index contributed by atoms with van der Waals surface area (Å²) in [6.07, 6.45) is 23.0. The summed E-state index contributed by atoms with van der Waals surface area (Å²) in [6.45, 7) is 0. The van der Waals surface area contributed by atoms with Crippen LogP contribution in [0.4, 0.5) is 0 Å². The van der Waals surface area contributed by atoms with E-state index < -0.39 is 0 Å². The second-order valence-corrected chi connectivity index (χ2v) is 15.8. The van der Waals surface area contributed by atoms with Crippen LogP contribution in [0, 0.1) is 47.3 Å². The molecule has 9 fully saturated rings. The van der Waals surface area contributed by atoms with E-state index in [9.17, 15) is 0 Å². The van der Waals surface area contributed by atoms with Gasteiger partial charge in [0.2, 0.25) is 0 Å². The van der Waals surface area contributed by atoms with Crippen molar-refractivity contribution in [1.82, 2.24) is 42.5 Å². The van der Waals surface area contributed by atoms with Gasteiger partial charge in [-0.05, 0) is 92.8 Å². The Bertz CT molecular complexity index is 955. The summed E-state index contributed by atoms with van der Waals surface area (Å²) in [6, 6.07) is 0.279. The summed E-state index contributed by atoms with van der Waals surface area (Å²) in [5.74, 6) is 5.37. The maximum absolute atomic E-state index is 6.95. The minimum atomic E-state index is 0. The maximum atomic E-state index is 6.95. The minimum Gasteiger partial charge on any atom is -0.327 e. The van der Waals surface area contributed by atoms with Crippen molar-refractivity contribution in [1.29, 1.82) is 0 Å². The molecule has 5 heterocycles. The summed E-state index contributed by atoms with van der Waals surface area (Å²) in [5, 5.41) is 33.6. The number of nitrogens with two attached hydrogens (primary N) is 1. The van der Waals surface area contributed by atoms with Crippen LogP contribution in [0.3, 0.4) is 0 Å². The molecule has 42 heavy (non-hydrogen) atoms. The van der Waals surface area contributed by atoms with Gasteiger partial charge in [-0.3, -0.25) is 42.5 Å². The summed E-state index contributed by atoms with van der Waals surface area (Å²) in [5.41, 5.74) is 6.95. The number of hydrogen-bond acceptors (Lipinski definition) is 9. The van der Waals surface area contributed by atoms with E-state index in [0.29, 0.717) is 78.7 Å². The van der Waals surface area contributed by atoms with Gasteiger partial charge in [-0.1, -0.05) is 44.9 Å². The van der Waals surface area contributed by atoms with Crippen LogP contribution in [-0.2, 0) is 16.8 Å². The Balaban J connectivity index is 0.00000267. The Hall–Kier alpha value is 0.146. The molecule has 8 bridgehead atoms. The minimum absolute atomic E-state index is 0. The van der Waals surface area contributed by atoms with E-state index in [1.54, 1.807) is 0 Å². The second kappa shape index (κ2) is 12.1. The maximum Gasteiger partial charge on any atom is 0.0643 e. The van der Waals surface area contributed by atoms with Crippen LogP contribution < -0.4 is 48.3 Å². The third-order valence-corrected chi connectivity index (χ3v) is 13.9. The van der Waals surface area contributed by atoms with Gasteiger partial charge in [0.05, 0.1) is 49.3 Å². The van der Waals surface area contributed by atoms with Gasteiger partial charge >= 0.3 is 0 Å². The van der Waals surface area contributed by atoms with Gasteiger partial charge in [-0.2, -0.15) is 0 Å². The predicted octanol–water partition coefficient (Wildman–Crippen LogP) is 1.54. The van der Waals surface area contributed by atoms with Crippen LogP contribution in [0.25, 0.3) is 0 Å². The molecule has 0 spiro atoms. The molecule has 9 aliphatic rings. The van der Waals surface area contributed by atoms with Gasteiger partial charge in [0.1, 0.15) is 0 Å². The first-order valence-electron chi connectivity index (χ1n) is 18.1. The SMILES string of the molecule is NC1CCCC2C3NC4NC(NC5NC(NC6NC(NC(N3)C12)C1CCCCC61)C1CCCCC51)C1CCCCC41.[Co]. The summed E-state index contributed by atoms with van der Waals surface area (Å²) >= 11 is 0. The van der Waals surface area contributed by atoms with Crippen molar-refractivity contribution in [2.75, 3.05) is 0 Å². The first-order chi connectivity index (χ1) is 20.2. The van der Waals surface area contributed by atoms with Crippen LogP contribution in [0.2, 0.25) is 0 Å². The predicted molar refractivity (Wildman–Crippen MR) is 161 cm³/mol. The molecule has 1 radical (unpaired) electrons. The smallest absolute Gasteiger partial charge is 0.0643 e. The first kappa shape index (κ1) is 29.5. The number of rotatable bonds is 0. The number of fused-ring (bicyclic) bond motifs is 20. The van der Waals surface area contributed by atoms with Gasteiger partial charge in [0, 0.05) is 28.7 Å². The summed E-state index contributed by atoms with van der Waals surface area (Å²) in [4.78, 5) is 0. The van der Waals surface area contributed by atoms with Crippen molar-refractivity contribution < 1.29 is 16.8 Å². The van der Waals surface area contributed by atoms with E-state index in [2.05, 4.69) is 42.5 Å². The number of nitrogens with one attached hydrogen (secondary N) is 8. The van der Waals surface area contributed by atoms with Gasteiger partial charge in [-0.15, -0.1) is 0 Å². The molecular weight excluding hydrogens is 569 g/mol. The molecule has 0 amide bonds. The average molecular weight is 627 g/mol. The first-order valence-corrected chi connectivity index (χ1v) is 18.1. The molecule has 9 rings (SSSR count). The Labute approximate surface area is 263 Å². The van der Waals surface area contributed by atoms with E-state index in [1.165, 1.54) is 89.9 Å². The zero-order valence-corrected chi connectivity index (χ0v) is 26.4. The largest absolute Gasteiger partial charge is 0.327 e. The van der Waals surface area contributed by atoms with Crippen molar-refractivity contribution >= 4 is 0 Å². The van der Waals surface area contributed by atoms with Crippen molar-refractivity contribution in [2.45, 2.75) is 152 Å². The third-order valence-electron chi connectivity index (χ3n) is 13.9. The molecule has 0 aromatic carbocycles. The quantitative estimate of drug-likeness (QED) is 0.197. The molecule has 9 nitrogen and oxygen atoms in total. The topological polar surface area (TPSA) is 122 Å². The van der Waals surface area contributed by atoms with Crippen molar-refractivity contribution in [3.8, 4) is 0 Å². The molecule has 0 aromatic heterocycles. The Morgan fingerprint density at radius 2 is 0.571 bits per heavy atom. The third kappa shape index (κ3) is 4.98. The molecule has 0 aromatic rings. The van der Waals surface area contributed by atoms with E-state index in [4.69, 9.17) is 5.73 Å².